The van der Waals surface area contributed by atoms with Crippen molar-refractivity contribution in [3.8, 4) is 5.75 Å². The molecule has 0 aromatic heterocycles. The molecule has 1 heterocycles. The van der Waals surface area contributed by atoms with E-state index < -0.39 is 5.91 Å². The number of carbonyl (C=O) groups is 1. The predicted octanol–water partition coefficient (Wildman–Crippen LogP) is 4.19. The molecule has 27 heavy (non-hydrogen) atoms. The number of benzene rings is 2. The van der Waals surface area contributed by atoms with Crippen LogP contribution in [0.2, 0.25) is 0 Å². The molecule has 142 valence electrons. The van der Waals surface area contributed by atoms with Crippen molar-refractivity contribution in [2.45, 2.75) is 45.6 Å². The molecule has 0 saturated heterocycles. The van der Waals surface area contributed by atoms with E-state index in [4.69, 9.17) is 0 Å². The van der Waals surface area contributed by atoms with Gasteiger partial charge >= 0.3 is 0 Å². The summed E-state index contributed by atoms with van der Waals surface area (Å²) < 4.78 is 0. The van der Waals surface area contributed by atoms with Crippen LogP contribution < -0.4 is 10.3 Å². The third-order valence-corrected chi connectivity index (χ3v) is 5.54. The maximum atomic E-state index is 12.1. The van der Waals surface area contributed by atoms with Crippen molar-refractivity contribution in [2.75, 3.05) is 11.9 Å². The number of rotatable bonds is 3. The zero-order valence-corrected chi connectivity index (χ0v) is 16.6. The number of amides is 1. The van der Waals surface area contributed by atoms with Gasteiger partial charge in [-0.2, -0.15) is 5.10 Å². The van der Waals surface area contributed by atoms with Gasteiger partial charge in [-0.25, -0.2) is 5.43 Å². The largest absolute Gasteiger partial charge is 0.507 e. The van der Waals surface area contributed by atoms with Gasteiger partial charge in [-0.3, -0.25) is 4.79 Å². The van der Waals surface area contributed by atoms with Gasteiger partial charge in [0.2, 0.25) is 0 Å². The highest BCUT2D eigenvalue weighted by atomic mass is 16.3. The van der Waals surface area contributed by atoms with Gasteiger partial charge in [0.15, 0.2) is 0 Å². The summed E-state index contributed by atoms with van der Waals surface area (Å²) in [5.74, 6) is -0.0424. The number of nitrogens with one attached hydrogen (secondary N) is 1. The first-order chi connectivity index (χ1) is 12.7. The second-order valence-corrected chi connectivity index (χ2v) is 7.96. The first-order valence-corrected chi connectivity index (χ1v) is 9.20. The molecule has 0 bridgehead atoms. The number of phenols is 1. The van der Waals surface area contributed by atoms with Gasteiger partial charge in [-0.05, 0) is 74.1 Å². The number of hydrazone groups is 1. The fourth-order valence-electron chi connectivity index (χ4n) is 3.76. The number of fused-ring (bicyclic) bond motifs is 1. The van der Waals surface area contributed by atoms with Crippen LogP contribution in [0.25, 0.3) is 0 Å². The molecule has 0 radical (unpaired) electrons. The van der Waals surface area contributed by atoms with Crippen molar-refractivity contribution in [3.05, 3.63) is 58.7 Å². The minimum absolute atomic E-state index is 0.0605. The molecular weight excluding hydrogens is 338 g/mol. The lowest BCUT2D eigenvalue weighted by atomic mass is 9.79. The highest BCUT2D eigenvalue weighted by Gasteiger charge is 2.34. The Kier molecular flexibility index (Phi) is 4.96. The van der Waals surface area contributed by atoms with Crippen LogP contribution in [0.3, 0.4) is 0 Å². The number of para-hydroxylation sites is 1. The van der Waals surface area contributed by atoms with E-state index in [9.17, 15) is 9.90 Å². The summed E-state index contributed by atoms with van der Waals surface area (Å²) in [5.41, 5.74) is 7.46. The van der Waals surface area contributed by atoms with E-state index in [2.05, 4.69) is 55.4 Å². The number of carbonyl (C=O) groups excluding carboxylic acids is 1. The predicted molar refractivity (Wildman–Crippen MR) is 110 cm³/mol. The Morgan fingerprint density at radius 1 is 1.33 bits per heavy atom. The van der Waals surface area contributed by atoms with Crippen LogP contribution in [0.4, 0.5) is 5.69 Å². The molecule has 0 saturated carbocycles. The molecule has 0 fully saturated rings. The topological polar surface area (TPSA) is 64.9 Å². The summed E-state index contributed by atoms with van der Waals surface area (Å²) in [6.07, 6.45) is 2.75. The Morgan fingerprint density at radius 2 is 2.04 bits per heavy atom. The number of aryl methyl sites for hydroxylation is 1. The van der Waals surface area contributed by atoms with Gasteiger partial charge < -0.3 is 10.0 Å². The number of anilines is 1. The van der Waals surface area contributed by atoms with Gasteiger partial charge in [-0.1, -0.05) is 19.1 Å². The highest BCUT2D eigenvalue weighted by Crippen LogP contribution is 2.43. The van der Waals surface area contributed by atoms with E-state index in [1.807, 2.05) is 6.92 Å². The van der Waals surface area contributed by atoms with E-state index in [1.165, 1.54) is 17.3 Å². The molecule has 0 unspecified atom stereocenters. The number of hydrogen-bond donors (Lipinski definition) is 2. The smallest absolute Gasteiger partial charge is 0.275 e. The minimum atomic E-state index is -0.435. The van der Waals surface area contributed by atoms with Crippen LogP contribution in [-0.4, -0.2) is 29.8 Å². The Labute approximate surface area is 160 Å². The Balaban J connectivity index is 1.82. The normalized spacial score (nSPS) is 18.4. The molecule has 5 heteroatoms. The van der Waals surface area contributed by atoms with E-state index in [0.29, 0.717) is 5.92 Å². The zero-order valence-electron chi connectivity index (χ0n) is 16.6. The number of aromatic hydroxyl groups is 1. The third-order valence-electron chi connectivity index (χ3n) is 5.54. The van der Waals surface area contributed by atoms with Crippen molar-refractivity contribution >= 4 is 17.8 Å². The summed E-state index contributed by atoms with van der Waals surface area (Å²) in [4.78, 5) is 14.5. The van der Waals surface area contributed by atoms with Crippen molar-refractivity contribution in [1.82, 2.24) is 5.43 Å². The molecule has 2 N–H and O–H groups in total. The SMILES string of the molecule is Cc1cc2c(cc1/C=N/NC(=O)c1ccccc1O)[C@@H](C)CC(C)(C)N2C. The van der Waals surface area contributed by atoms with Crippen LogP contribution in [-0.2, 0) is 0 Å². The second kappa shape index (κ2) is 7.06. The monoisotopic (exact) mass is 365 g/mol. The van der Waals surface area contributed by atoms with Gasteiger partial charge in [0, 0.05) is 18.3 Å². The van der Waals surface area contributed by atoms with Crippen LogP contribution >= 0.6 is 0 Å². The van der Waals surface area contributed by atoms with Gasteiger partial charge in [0.1, 0.15) is 5.75 Å². The molecule has 5 nitrogen and oxygen atoms in total. The van der Waals surface area contributed by atoms with Gasteiger partial charge in [0.25, 0.3) is 5.91 Å². The van der Waals surface area contributed by atoms with Crippen LogP contribution in [0.1, 0.15) is 60.2 Å². The van der Waals surface area contributed by atoms with Crippen molar-refractivity contribution in [2.24, 2.45) is 5.10 Å². The van der Waals surface area contributed by atoms with Gasteiger partial charge in [-0.15, -0.1) is 0 Å². The summed E-state index contributed by atoms with van der Waals surface area (Å²) in [5, 5.41) is 13.8. The molecule has 3 rings (SSSR count). The van der Waals surface area contributed by atoms with E-state index in [0.717, 1.165) is 17.5 Å². The Morgan fingerprint density at radius 3 is 2.74 bits per heavy atom. The molecular formula is C22H27N3O2. The lowest BCUT2D eigenvalue weighted by Crippen LogP contribution is -2.45. The van der Waals surface area contributed by atoms with E-state index in [1.54, 1.807) is 24.4 Å². The quantitative estimate of drug-likeness (QED) is 0.633. The highest BCUT2D eigenvalue weighted by molar-refractivity contribution is 5.97. The lowest BCUT2D eigenvalue weighted by molar-refractivity contribution is 0.0952. The summed E-state index contributed by atoms with van der Waals surface area (Å²) >= 11 is 0. The molecule has 1 aliphatic heterocycles. The average Bonchev–Trinajstić information content (AvgIpc) is 2.60. The van der Waals surface area contributed by atoms with E-state index in [-0.39, 0.29) is 16.9 Å². The van der Waals surface area contributed by atoms with E-state index >= 15 is 0 Å². The summed E-state index contributed by atoms with van der Waals surface area (Å²) in [6, 6.07) is 10.8. The fourth-order valence-corrected chi connectivity index (χ4v) is 3.76. The molecule has 2 aromatic rings. The number of hydrogen-bond acceptors (Lipinski definition) is 4. The molecule has 1 amide bonds. The molecule has 0 aliphatic carbocycles. The molecule has 1 atom stereocenters. The Hall–Kier alpha value is -2.82. The first kappa shape index (κ1) is 19.0. The van der Waals surface area contributed by atoms with Crippen LogP contribution in [0, 0.1) is 6.92 Å². The van der Waals surface area contributed by atoms with Crippen molar-refractivity contribution in [3.63, 3.8) is 0 Å². The number of phenolic OH excluding ortho intramolecular Hbond substituents is 1. The van der Waals surface area contributed by atoms with Crippen LogP contribution in [0.15, 0.2) is 41.5 Å². The fraction of sp³-hybridized carbons (Fsp3) is 0.364. The summed E-state index contributed by atoms with van der Waals surface area (Å²) in [6.45, 7) is 8.84. The molecule has 0 spiro atoms. The number of nitrogens with zero attached hydrogens (tertiary/aromatic N) is 2. The Bertz CT molecular complexity index is 902. The average molecular weight is 365 g/mol. The molecule has 2 aromatic carbocycles. The maximum absolute atomic E-state index is 12.1. The lowest BCUT2D eigenvalue weighted by Gasteiger charge is -2.45. The first-order valence-electron chi connectivity index (χ1n) is 9.20. The van der Waals surface area contributed by atoms with Gasteiger partial charge in [0.05, 0.1) is 11.8 Å². The van der Waals surface area contributed by atoms with Crippen LogP contribution in [0.5, 0.6) is 5.75 Å². The third kappa shape index (κ3) is 3.68. The summed E-state index contributed by atoms with van der Waals surface area (Å²) in [7, 11) is 2.14. The maximum Gasteiger partial charge on any atom is 0.275 e. The van der Waals surface area contributed by atoms with Crippen molar-refractivity contribution < 1.29 is 9.90 Å². The standard InChI is InChI=1S/C22H27N3O2/c1-14-10-19-18(15(2)12-22(3,4)25(19)5)11-16(14)13-23-24-21(27)17-8-6-7-9-20(17)26/h6-11,13,15,26H,12H2,1-5H3,(H,24,27)/b23-13+/t15-/m0/s1. The molecule has 1 aliphatic rings. The second-order valence-electron chi connectivity index (χ2n) is 7.96. The minimum Gasteiger partial charge on any atom is -0.507 e. The zero-order chi connectivity index (χ0) is 19.8. The van der Waals surface area contributed by atoms with Crippen molar-refractivity contribution in [1.29, 1.82) is 0 Å².